The Kier molecular flexibility index (Phi) is 9.77. The largest absolute Gasteiger partial charge is 0.443 e. The van der Waals surface area contributed by atoms with Crippen LogP contribution in [0.2, 0.25) is 0 Å². The molecule has 0 bridgehead atoms. The van der Waals surface area contributed by atoms with Crippen molar-refractivity contribution < 1.29 is 18.7 Å². The molecule has 9 heteroatoms. The predicted octanol–water partition coefficient (Wildman–Crippen LogP) is 6.26. The normalized spacial score (nSPS) is 17.6. The van der Waals surface area contributed by atoms with E-state index in [-0.39, 0.29) is 17.8 Å². The number of aromatic nitrogens is 2. The van der Waals surface area contributed by atoms with Gasteiger partial charge >= 0.3 is 12.1 Å². The minimum atomic E-state index is -0.637. The van der Waals surface area contributed by atoms with Gasteiger partial charge in [-0.15, -0.1) is 5.10 Å². The Morgan fingerprint density at radius 2 is 1.66 bits per heavy atom. The number of carbonyl (C=O) groups is 2. The molecular weight excluding hydrogens is 482 g/mol. The average Bonchev–Trinajstić information content (AvgIpc) is 3.20. The Hall–Kier alpha value is -2.94. The molecular formula is C29H43N5O4. The van der Waals surface area contributed by atoms with Crippen molar-refractivity contribution in [2.24, 2.45) is 5.92 Å². The summed E-state index contributed by atoms with van der Waals surface area (Å²) in [6.45, 7) is 9.07. The first-order chi connectivity index (χ1) is 18.3. The van der Waals surface area contributed by atoms with E-state index in [2.05, 4.69) is 20.4 Å². The number of ether oxygens (including phenoxy) is 1. The van der Waals surface area contributed by atoms with E-state index < -0.39 is 11.7 Å². The van der Waals surface area contributed by atoms with E-state index in [1.807, 2.05) is 45.0 Å². The third-order valence-electron chi connectivity index (χ3n) is 7.19. The molecule has 9 nitrogen and oxygen atoms in total. The molecule has 0 radical (unpaired) electrons. The van der Waals surface area contributed by atoms with Crippen molar-refractivity contribution in [3.8, 4) is 11.5 Å². The first-order valence-corrected chi connectivity index (χ1v) is 14.3. The number of rotatable bonds is 8. The lowest BCUT2D eigenvalue weighted by Gasteiger charge is -2.28. The lowest BCUT2D eigenvalue weighted by molar-refractivity contribution is -0.120. The SMILES string of the molecule is CC(C)(C)OC(=O)N(CCCN1CCCCC1)c1nnc(-c2ccc(NC(=O)C3CCCCCC3)cc2)o1. The fraction of sp³-hybridized carbons (Fsp3) is 0.655. The van der Waals surface area contributed by atoms with Crippen LogP contribution in [-0.2, 0) is 9.53 Å². The topological polar surface area (TPSA) is 101 Å². The van der Waals surface area contributed by atoms with Crippen LogP contribution in [0.3, 0.4) is 0 Å². The lowest BCUT2D eigenvalue weighted by atomic mass is 9.99. The zero-order valence-electron chi connectivity index (χ0n) is 23.2. The molecule has 1 aromatic carbocycles. The maximum Gasteiger partial charge on any atom is 0.418 e. The second-order valence-corrected chi connectivity index (χ2v) is 11.5. The number of anilines is 2. The van der Waals surface area contributed by atoms with E-state index in [1.54, 1.807) is 0 Å². The number of nitrogens with one attached hydrogen (secondary N) is 1. The van der Waals surface area contributed by atoms with Gasteiger partial charge in [0.25, 0.3) is 0 Å². The van der Waals surface area contributed by atoms with Crippen molar-refractivity contribution >= 4 is 23.7 Å². The molecule has 0 unspecified atom stereocenters. The summed E-state index contributed by atoms with van der Waals surface area (Å²) in [4.78, 5) is 29.6. The summed E-state index contributed by atoms with van der Waals surface area (Å²) in [6.07, 6.45) is 10.6. The van der Waals surface area contributed by atoms with Gasteiger partial charge in [-0.1, -0.05) is 37.2 Å². The van der Waals surface area contributed by atoms with Gasteiger partial charge in [-0.3, -0.25) is 4.79 Å². The highest BCUT2D eigenvalue weighted by molar-refractivity contribution is 5.92. The van der Waals surface area contributed by atoms with Crippen LogP contribution in [0.1, 0.15) is 85.0 Å². The number of hydrogen-bond donors (Lipinski definition) is 1. The molecule has 38 heavy (non-hydrogen) atoms. The van der Waals surface area contributed by atoms with Crippen LogP contribution < -0.4 is 10.2 Å². The number of amides is 2. The Morgan fingerprint density at radius 1 is 1.00 bits per heavy atom. The first kappa shape index (κ1) is 28.1. The second-order valence-electron chi connectivity index (χ2n) is 11.5. The van der Waals surface area contributed by atoms with Gasteiger partial charge in [0.15, 0.2) is 0 Å². The van der Waals surface area contributed by atoms with Crippen molar-refractivity contribution in [3.63, 3.8) is 0 Å². The molecule has 0 spiro atoms. The molecule has 2 aliphatic rings. The molecule has 1 aliphatic heterocycles. The molecule has 2 aromatic rings. The molecule has 4 rings (SSSR count). The van der Waals surface area contributed by atoms with Crippen molar-refractivity contribution in [1.82, 2.24) is 15.1 Å². The van der Waals surface area contributed by atoms with E-state index in [0.29, 0.717) is 18.0 Å². The molecule has 1 aliphatic carbocycles. The maximum atomic E-state index is 13.0. The fourth-order valence-electron chi connectivity index (χ4n) is 5.14. The summed E-state index contributed by atoms with van der Waals surface area (Å²) in [5.74, 6) is 0.493. The summed E-state index contributed by atoms with van der Waals surface area (Å²) < 4.78 is 11.6. The van der Waals surface area contributed by atoms with Gasteiger partial charge in [-0.2, -0.15) is 0 Å². The molecule has 1 saturated heterocycles. The monoisotopic (exact) mass is 525 g/mol. The molecule has 1 aromatic heterocycles. The van der Waals surface area contributed by atoms with Crippen molar-refractivity contribution in [2.45, 2.75) is 90.6 Å². The quantitative estimate of drug-likeness (QED) is 0.406. The summed E-state index contributed by atoms with van der Waals surface area (Å²) in [5, 5.41) is 11.4. The van der Waals surface area contributed by atoms with E-state index in [0.717, 1.165) is 57.4 Å². The van der Waals surface area contributed by atoms with Gasteiger partial charge in [-0.05, 0) is 96.8 Å². The maximum absolute atomic E-state index is 13.0. The average molecular weight is 526 g/mol. The number of likely N-dealkylation sites (tertiary alicyclic amines) is 1. The zero-order valence-corrected chi connectivity index (χ0v) is 23.2. The summed E-state index contributed by atoms with van der Waals surface area (Å²) in [6, 6.07) is 7.50. The smallest absolute Gasteiger partial charge is 0.418 e. The molecule has 1 saturated carbocycles. The third kappa shape index (κ3) is 8.28. The van der Waals surface area contributed by atoms with E-state index in [9.17, 15) is 9.59 Å². The zero-order chi connectivity index (χ0) is 27.0. The molecule has 2 amide bonds. The Morgan fingerprint density at radius 3 is 2.32 bits per heavy atom. The molecule has 2 heterocycles. The summed E-state index contributed by atoms with van der Waals surface area (Å²) in [5.41, 5.74) is 0.826. The molecule has 2 fully saturated rings. The molecule has 1 N–H and O–H groups in total. The van der Waals surface area contributed by atoms with Crippen molar-refractivity contribution in [1.29, 1.82) is 0 Å². The minimum absolute atomic E-state index is 0.0874. The van der Waals surface area contributed by atoms with Gasteiger partial charge < -0.3 is 19.4 Å². The van der Waals surface area contributed by atoms with Gasteiger partial charge in [-0.25, -0.2) is 9.69 Å². The summed E-state index contributed by atoms with van der Waals surface area (Å²) >= 11 is 0. The van der Waals surface area contributed by atoms with E-state index in [4.69, 9.17) is 9.15 Å². The number of benzene rings is 1. The molecule has 0 atom stereocenters. The van der Waals surface area contributed by atoms with Gasteiger partial charge in [0.2, 0.25) is 11.8 Å². The Labute approximate surface area is 226 Å². The standard InChI is InChI=1S/C29H43N5O4/c1-29(2,3)38-28(36)34(21-11-20-33-18-9-6-10-19-33)27-32-31-26(37-27)23-14-16-24(17-15-23)30-25(35)22-12-7-4-5-8-13-22/h14-17,22H,4-13,18-21H2,1-3H3,(H,30,35). The van der Waals surface area contributed by atoms with E-state index in [1.165, 1.54) is 37.0 Å². The first-order valence-electron chi connectivity index (χ1n) is 14.3. The van der Waals surface area contributed by atoms with Crippen molar-refractivity contribution in [3.05, 3.63) is 24.3 Å². The van der Waals surface area contributed by atoms with Crippen LogP contribution >= 0.6 is 0 Å². The number of nitrogens with zero attached hydrogens (tertiary/aromatic N) is 4. The van der Waals surface area contributed by atoms with Gasteiger partial charge in [0, 0.05) is 23.7 Å². The van der Waals surface area contributed by atoms with Crippen LogP contribution in [0.15, 0.2) is 28.7 Å². The Balaban J connectivity index is 1.40. The predicted molar refractivity (Wildman–Crippen MR) is 148 cm³/mol. The Bertz CT molecular complexity index is 1030. The lowest BCUT2D eigenvalue weighted by Crippen LogP contribution is -2.39. The summed E-state index contributed by atoms with van der Waals surface area (Å²) in [7, 11) is 0. The van der Waals surface area contributed by atoms with Crippen LogP contribution in [0.5, 0.6) is 0 Å². The highest BCUT2D eigenvalue weighted by atomic mass is 16.6. The van der Waals surface area contributed by atoms with Crippen molar-refractivity contribution in [2.75, 3.05) is 36.4 Å². The van der Waals surface area contributed by atoms with Crippen LogP contribution in [0, 0.1) is 5.92 Å². The second kappa shape index (κ2) is 13.2. The third-order valence-corrected chi connectivity index (χ3v) is 7.19. The number of carbonyl (C=O) groups excluding carboxylic acids is 2. The highest BCUT2D eigenvalue weighted by Crippen LogP contribution is 2.27. The number of piperidine rings is 1. The van der Waals surface area contributed by atoms with Crippen LogP contribution in [0.4, 0.5) is 16.5 Å². The van der Waals surface area contributed by atoms with E-state index >= 15 is 0 Å². The fourth-order valence-corrected chi connectivity index (χ4v) is 5.14. The van der Waals surface area contributed by atoms with Gasteiger partial charge in [0.05, 0.1) is 0 Å². The van der Waals surface area contributed by atoms with Gasteiger partial charge in [0.1, 0.15) is 5.60 Å². The minimum Gasteiger partial charge on any atom is -0.443 e. The van der Waals surface area contributed by atoms with Crippen LogP contribution in [-0.4, -0.2) is 58.9 Å². The molecule has 208 valence electrons. The highest BCUT2D eigenvalue weighted by Gasteiger charge is 2.28. The van der Waals surface area contributed by atoms with Crippen LogP contribution in [0.25, 0.3) is 11.5 Å². The number of hydrogen-bond acceptors (Lipinski definition) is 7.